The van der Waals surface area contributed by atoms with Gasteiger partial charge in [0.15, 0.2) is 5.75 Å². The topological polar surface area (TPSA) is 94.1 Å². The van der Waals surface area contributed by atoms with Gasteiger partial charge in [0, 0.05) is 5.56 Å². The first-order valence-corrected chi connectivity index (χ1v) is 11.4. The number of carbonyl (C=O) groups is 1. The number of hydrogen-bond donors (Lipinski definition) is 1. The van der Waals surface area contributed by atoms with Crippen molar-refractivity contribution >= 4 is 33.8 Å². The summed E-state index contributed by atoms with van der Waals surface area (Å²) in [4.78, 5) is 12.1. The lowest BCUT2D eigenvalue weighted by Crippen LogP contribution is -2.17. The van der Waals surface area contributed by atoms with Crippen molar-refractivity contribution < 1.29 is 22.1 Å². The number of rotatable bonds is 8. The van der Waals surface area contributed by atoms with E-state index >= 15 is 0 Å². The van der Waals surface area contributed by atoms with Gasteiger partial charge in [-0.1, -0.05) is 47.5 Å². The molecule has 7 nitrogen and oxygen atoms in total. The molecule has 3 aromatic carbocycles. The molecule has 0 atom stereocenters. The lowest BCUT2D eigenvalue weighted by atomic mass is 10.2. The van der Waals surface area contributed by atoms with Gasteiger partial charge in [-0.05, 0) is 55.8 Å². The summed E-state index contributed by atoms with van der Waals surface area (Å²) in [5.74, 6) is -0.367. The molecule has 0 bridgehead atoms. The summed E-state index contributed by atoms with van der Waals surface area (Å²) in [5.41, 5.74) is 4.27. The highest BCUT2D eigenvalue weighted by Gasteiger charge is 2.22. The minimum absolute atomic E-state index is 0.00382. The molecule has 0 unspecified atom stereocenters. The number of hydrazone groups is 1. The van der Waals surface area contributed by atoms with Crippen molar-refractivity contribution in [3.05, 3.63) is 88.4 Å². The molecule has 0 spiro atoms. The Labute approximate surface area is 191 Å². The van der Waals surface area contributed by atoms with Crippen molar-refractivity contribution in [1.82, 2.24) is 5.43 Å². The summed E-state index contributed by atoms with van der Waals surface area (Å²) in [6.07, 6.45) is 1.37. The molecule has 3 aromatic rings. The van der Waals surface area contributed by atoms with Crippen LogP contribution in [0.2, 0.25) is 5.02 Å². The Morgan fingerprint density at radius 2 is 1.78 bits per heavy atom. The smallest absolute Gasteiger partial charge is 0.339 e. The van der Waals surface area contributed by atoms with Crippen LogP contribution in [0.25, 0.3) is 0 Å². The molecule has 0 aliphatic heterocycles. The third kappa shape index (κ3) is 5.87. The van der Waals surface area contributed by atoms with Crippen LogP contribution >= 0.6 is 11.6 Å². The summed E-state index contributed by atoms with van der Waals surface area (Å²) < 4.78 is 36.2. The number of nitrogens with zero attached hydrogens (tertiary/aromatic N) is 1. The fourth-order valence-corrected chi connectivity index (χ4v) is 3.95. The van der Waals surface area contributed by atoms with E-state index in [1.54, 1.807) is 49.4 Å². The zero-order valence-electron chi connectivity index (χ0n) is 17.4. The van der Waals surface area contributed by atoms with Gasteiger partial charge in [-0.3, -0.25) is 4.79 Å². The van der Waals surface area contributed by atoms with Gasteiger partial charge >= 0.3 is 10.1 Å². The minimum atomic E-state index is -4.12. The fourth-order valence-electron chi connectivity index (χ4n) is 2.69. The largest absolute Gasteiger partial charge is 0.490 e. The van der Waals surface area contributed by atoms with Crippen molar-refractivity contribution in [2.45, 2.75) is 18.7 Å². The predicted molar refractivity (Wildman–Crippen MR) is 123 cm³/mol. The van der Waals surface area contributed by atoms with Crippen molar-refractivity contribution in [3.8, 4) is 11.5 Å². The average molecular weight is 473 g/mol. The van der Waals surface area contributed by atoms with Crippen LogP contribution in [0.1, 0.15) is 28.4 Å². The summed E-state index contributed by atoms with van der Waals surface area (Å²) in [6, 6.07) is 17.9. The molecule has 3 rings (SSSR count). The number of hydrogen-bond acceptors (Lipinski definition) is 6. The van der Waals surface area contributed by atoms with Crippen LogP contribution in [-0.2, 0) is 10.1 Å². The van der Waals surface area contributed by atoms with Crippen LogP contribution in [0.3, 0.4) is 0 Å². The quantitative estimate of drug-likeness (QED) is 0.294. The second kappa shape index (κ2) is 10.3. The van der Waals surface area contributed by atoms with Crippen LogP contribution in [0.15, 0.2) is 76.7 Å². The summed E-state index contributed by atoms with van der Waals surface area (Å²) >= 11 is 6.31. The maximum atomic E-state index is 12.7. The number of nitrogens with one attached hydrogen (secondary N) is 1. The second-order valence-corrected chi connectivity index (χ2v) is 8.63. The van der Waals surface area contributed by atoms with E-state index in [2.05, 4.69) is 10.5 Å². The van der Waals surface area contributed by atoms with Crippen LogP contribution in [-0.4, -0.2) is 27.1 Å². The van der Waals surface area contributed by atoms with Crippen LogP contribution in [0.5, 0.6) is 11.5 Å². The van der Waals surface area contributed by atoms with Gasteiger partial charge in [0.25, 0.3) is 5.91 Å². The second-order valence-electron chi connectivity index (χ2n) is 6.68. The maximum absolute atomic E-state index is 12.7. The van der Waals surface area contributed by atoms with E-state index in [-0.39, 0.29) is 33.9 Å². The normalized spacial score (nSPS) is 11.3. The molecule has 0 saturated heterocycles. The lowest BCUT2D eigenvalue weighted by Gasteiger charge is -2.14. The van der Waals surface area contributed by atoms with Gasteiger partial charge in [-0.25, -0.2) is 5.43 Å². The Morgan fingerprint density at radius 3 is 2.44 bits per heavy atom. The number of ether oxygens (including phenoxy) is 1. The summed E-state index contributed by atoms with van der Waals surface area (Å²) in [6.45, 7) is 3.85. The van der Waals surface area contributed by atoms with Crippen LogP contribution in [0, 0.1) is 6.92 Å². The molecular weight excluding hydrogens is 452 g/mol. The van der Waals surface area contributed by atoms with Gasteiger partial charge < -0.3 is 8.92 Å². The van der Waals surface area contributed by atoms with Crippen molar-refractivity contribution in [1.29, 1.82) is 0 Å². The van der Waals surface area contributed by atoms with Gasteiger partial charge in [-0.15, -0.1) is 0 Å². The third-order valence-corrected chi connectivity index (χ3v) is 5.77. The molecule has 166 valence electrons. The maximum Gasteiger partial charge on any atom is 0.339 e. The molecule has 0 fully saturated rings. The molecule has 0 radical (unpaired) electrons. The molecular formula is C23H21ClN2O5S. The van der Waals surface area contributed by atoms with E-state index in [1.165, 1.54) is 30.5 Å². The van der Waals surface area contributed by atoms with Gasteiger partial charge in [0.2, 0.25) is 5.75 Å². The number of aryl methyl sites for hydroxylation is 1. The monoisotopic (exact) mass is 472 g/mol. The molecule has 9 heteroatoms. The first-order valence-electron chi connectivity index (χ1n) is 9.66. The number of benzene rings is 3. The van der Waals surface area contributed by atoms with E-state index in [0.29, 0.717) is 11.1 Å². The van der Waals surface area contributed by atoms with Crippen LogP contribution < -0.4 is 14.3 Å². The molecule has 0 aliphatic rings. The standard InChI is InChI=1S/C23H21ClN2O5S/c1-3-30-21-14-17(15-25-26-23(27)18-7-5-4-6-8-18)13-20(24)22(21)31-32(28,29)19-11-9-16(2)10-12-19/h4-15H,3H2,1-2H3,(H,26,27)/b25-15-. The highest BCUT2D eigenvalue weighted by Crippen LogP contribution is 2.38. The first kappa shape index (κ1) is 23.3. The molecule has 0 saturated carbocycles. The Kier molecular flexibility index (Phi) is 7.50. The summed E-state index contributed by atoms with van der Waals surface area (Å²) in [7, 11) is -4.12. The Balaban J connectivity index is 1.83. The minimum Gasteiger partial charge on any atom is -0.490 e. The molecule has 0 aliphatic carbocycles. The summed E-state index contributed by atoms with van der Waals surface area (Å²) in [5, 5.41) is 3.94. The predicted octanol–water partition coefficient (Wildman–Crippen LogP) is 4.58. The van der Waals surface area contributed by atoms with E-state index in [1.807, 2.05) is 6.92 Å². The van der Waals surface area contributed by atoms with E-state index in [4.69, 9.17) is 20.5 Å². The Hall–Kier alpha value is -3.36. The first-order chi connectivity index (χ1) is 15.3. The van der Waals surface area contributed by atoms with Gasteiger partial charge in [-0.2, -0.15) is 13.5 Å². The van der Waals surface area contributed by atoms with Gasteiger partial charge in [0.1, 0.15) is 4.90 Å². The van der Waals surface area contributed by atoms with E-state index < -0.39 is 10.1 Å². The molecule has 0 heterocycles. The fraction of sp³-hybridized carbons (Fsp3) is 0.130. The van der Waals surface area contributed by atoms with Crippen LogP contribution in [0.4, 0.5) is 0 Å². The van der Waals surface area contributed by atoms with Crippen molar-refractivity contribution in [3.63, 3.8) is 0 Å². The molecule has 1 N–H and O–H groups in total. The van der Waals surface area contributed by atoms with Gasteiger partial charge in [0.05, 0.1) is 17.8 Å². The Morgan fingerprint density at radius 1 is 1.09 bits per heavy atom. The highest BCUT2D eigenvalue weighted by atomic mass is 35.5. The number of amides is 1. The molecule has 1 amide bonds. The van der Waals surface area contributed by atoms with Crippen molar-refractivity contribution in [2.75, 3.05) is 6.61 Å². The lowest BCUT2D eigenvalue weighted by molar-refractivity contribution is 0.0955. The third-order valence-electron chi connectivity index (χ3n) is 4.25. The van der Waals surface area contributed by atoms with E-state index in [9.17, 15) is 13.2 Å². The Bertz CT molecular complexity index is 1230. The number of carbonyl (C=O) groups excluding carboxylic acids is 1. The zero-order chi connectivity index (χ0) is 23.1. The zero-order valence-corrected chi connectivity index (χ0v) is 19.0. The van der Waals surface area contributed by atoms with Crippen molar-refractivity contribution in [2.24, 2.45) is 5.10 Å². The molecule has 32 heavy (non-hydrogen) atoms. The average Bonchev–Trinajstić information content (AvgIpc) is 2.77. The SMILES string of the molecule is CCOc1cc(/C=N\NC(=O)c2ccccc2)cc(Cl)c1OS(=O)(=O)c1ccc(C)cc1. The number of halogens is 1. The highest BCUT2D eigenvalue weighted by molar-refractivity contribution is 7.87. The van der Waals surface area contributed by atoms with E-state index in [0.717, 1.165) is 5.56 Å². The molecule has 0 aromatic heterocycles.